The highest BCUT2D eigenvalue weighted by atomic mass is 32.2. The SMILES string of the molecule is O=C(N1CCN=C1SCc1cccc(C(F)(F)F)c1)C12CC3CC(CC(C3)C1)C2. The summed E-state index contributed by atoms with van der Waals surface area (Å²) in [6.45, 7) is 1.19. The Hall–Kier alpha value is -1.50. The molecule has 4 fully saturated rings. The third-order valence-electron chi connectivity index (χ3n) is 7.16. The first-order valence-corrected chi connectivity index (χ1v) is 11.5. The number of rotatable bonds is 3. The molecule has 4 saturated carbocycles. The number of thioether (sulfide) groups is 1. The number of alkyl halides is 3. The van der Waals surface area contributed by atoms with E-state index in [4.69, 9.17) is 0 Å². The molecule has 0 aromatic heterocycles. The van der Waals surface area contributed by atoms with Gasteiger partial charge in [-0.2, -0.15) is 13.2 Å². The molecule has 1 heterocycles. The molecule has 5 aliphatic rings. The Bertz CT molecular complexity index is 815. The maximum atomic E-state index is 13.6. The van der Waals surface area contributed by atoms with Gasteiger partial charge in [0.05, 0.1) is 17.5 Å². The Labute approximate surface area is 173 Å². The molecule has 4 aliphatic carbocycles. The summed E-state index contributed by atoms with van der Waals surface area (Å²) in [6, 6.07) is 5.41. The van der Waals surface area contributed by atoms with Gasteiger partial charge in [-0.1, -0.05) is 30.0 Å². The van der Waals surface area contributed by atoms with Crippen LogP contribution in [0.3, 0.4) is 0 Å². The first-order valence-electron chi connectivity index (χ1n) is 10.5. The lowest BCUT2D eigenvalue weighted by Crippen LogP contribution is -2.55. The number of nitrogens with zero attached hydrogens (tertiary/aromatic N) is 2. The summed E-state index contributed by atoms with van der Waals surface area (Å²) in [6.07, 6.45) is 2.57. The van der Waals surface area contributed by atoms with Crippen LogP contribution < -0.4 is 0 Å². The van der Waals surface area contributed by atoms with Crippen molar-refractivity contribution in [3.8, 4) is 0 Å². The van der Waals surface area contributed by atoms with Gasteiger partial charge >= 0.3 is 6.18 Å². The van der Waals surface area contributed by atoms with Crippen LogP contribution in [0, 0.1) is 23.2 Å². The highest BCUT2D eigenvalue weighted by molar-refractivity contribution is 8.13. The van der Waals surface area contributed by atoms with Gasteiger partial charge in [-0.15, -0.1) is 0 Å². The lowest BCUT2D eigenvalue weighted by atomic mass is 9.49. The van der Waals surface area contributed by atoms with E-state index in [9.17, 15) is 18.0 Å². The van der Waals surface area contributed by atoms with Crippen molar-refractivity contribution in [2.24, 2.45) is 28.2 Å². The molecule has 3 nitrogen and oxygen atoms in total. The van der Waals surface area contributed by atoms with Crippen molar-refractivity contribution in [2.45, 2.75) is 50.5 Å². The molecule has 6 rings (SSSR count). The summed E-state index contributed by atoms with van der Waals surface area (Å²) in [5, 5.41) is 0.683. The van der Waals surface area contributed by atoms with Crippen LogP contribution in [0.5, 0.6) is 0 Å². The molecule has 1 aliphatic heterocycles. The van der Waals surface area contributed by atoms with Crippen LogP contribution in [0.4, 0.5) is 13.2 Å². The van der Waals surface area contributed by atoms with Crippen molar-refractivity contribution in [2.75, 3.05) is 13.1 Å². The number of amides is 1. The number of hydrogen-bond donors (Lipinski definition) is 0. The molecule has 0 saturated heterocycles. The fourth-order valence-electron chi connectivity index (χ4n) is 6.38. The number of aliphatic imine (C=N–C) groups is 1. The van der Waals surface area contributed by atoms with E-state index in [0.29, 0.717) is 47.3 Å². The third kappa shape index (κ3) is 3.60. The maximum Gasteiger partial charge on any atom is 0.416 e. The molecule has 0 unspecified atom stereocenters. The Kier molecular flexibility index (Phi) is 4.72. The van der Waals surface area contributed by atoms with Gasteiger partial charge in [-0.3, -0.25) is 14.7 Å². The van der Waals surface area contributed by atoms with Gasteiger partial charge in [-0.05, 0) is 67.9 Å². The molecule has 156 valence electrons. The largest absolute Gasteiger partial charge is 0.416 e. The fraction of sp³-hybridized carbons (Fsp3) is 0.636. The van der Waals surface area contributed by atoms with Gasteiger partial charge in [-0.25, -0.2) is 0 Å². The van der Waals surface area contributed by atoms with Gasteiger partial charge < -0.3 is 0 Å². The smallest absolute Gasteiger partial charge is 0.289 e. The number of carbonyl (C=O) groups is 1. The topological polar surface area (TPSA) is 32.7 Å². The van der Waals surface area contributed by atoms with E-state index < -0.39 is 11.7 Å². The summed E-state index contributed by atoms with van der Waals surface area (Å²) < 4.78 is 38.9. The molecular weight excluding hydrogens is 397 g/mol. The maximum absolute atomic E-state index is 13.6. The molecule has 29 heavy (non-hydrogen) atoms. The number of hydrogen-bond acceptors (Lipinski definition) is 3. The van der Waals surface area contributed by atoms with E-state index in [0.717, 1.165) is 25.3 Å². The predicted molar refractivity (Wildman–Crippen MR) is 107 cm³/mol. The van der Waals surface area contributed by atoms with Crippen LogP contribution >= 0.6 is 11.8 Å². The Morgan fingerprint density at radius 2 is 1.79 bits per heavy atom. The summed E-state index contributed by atoms with van der Waals surface area (Å²) >= 11 is 1.38. The molecule has 7 heteroatoms. The summed E-state index contributed by atoms with van der Waals surface area (Å²) in [5.41, 5.74) is -0.247. The highest BCUT2D eigenvalue weighted by Gasteiger charge is 2.56. The van der Waals surface area contributed by atoms with Crippen LogP contribution in [-0.4, -0.2) is 29.1 Å². The van der Waals surface area contributed by atoms with Crippen LogP contribution in [0.1, 0.15) is 49.7 Å². The summed E-state index contributed by atoms with van der Waals surface area (Å²) in [5.74, 6) is 2.71. The Morgan fingerprint density at radius 3 is 2.41 bits per heavy atom. The third-order valence-corrected chi connectivity index (χ3v) is 8.25. The van der Waals surface area contributed by atoms with Crippen LogP contribution in [0.2, 0.25) is 0 Å². The van der Waals surface area contributed by atoms with Gasteiger partial charge in [0.25, 0.3) is 0 Å². The average Bonchev–Trinajstić information content (AvgIpc) is 3.12. The Balaban J connectivity index is 1.28. The van der Waals surface area contributed by atoms with Crippen molar-refractivity contribution in [3.05, 3.63) is 35.4 Å². The number of halogens is 3. The zero-order valence-electron chi connectivity index (χ0n) is 16.3. The zero-order valence-corrected chi connectivity index (χ0v) is 17.1. The van der Waals surface area contributed by atoms with Gasteiger partial charge in [0.15, 0.2) is 5.17 Å². The monoisotopic (exact) mass is 422 g/mol. The number of amidine groups is 1. The van der Waals surface area contributed by atoms with Crippen LogP contribution in [0.15, 0.2) is 29.3 Å². The molecule has 1 aromatic carbocycles. The molecule has 1 amide bonds. The molecule has 0 spiro atoms. The first kappa shape index (κ1) is 19.5. The number of benzene rings is 1. The number of carbonyl (C=O) groups excluding carboxylic acids is 1. The lowest BCUT2D eigenvalue weighted by Gasteiger charge is -2.56. The molecule has 0 radical (unpaired) electrons. The molecular formula is C22H25F3N2OS. The van der Waals surface area contributed by atoms with Crippen molar-refractivity contribution in [1.82, 2.24) is 4.90 Å². The van der Waals surface area contributed by atoms with Crippen molar-refractivity contribution in [1.29, 1.82) is 0 Å². The zero-order chi connectivity index (χ0) is 20.2. The molecule has 4 bridgehead atoms. The highest BCUT2D eigenvalue weighted by Crippen LogP contribution is 2.60. The summed E-state index contributed by atoms with van der Waals surface area (Å²) in [7, 11) is 0. The van der Waals surface area contributed by atoms with E-state index in [1.54, 1.807) is 6.07 Å². The second kappa shape index (κ2) is 7.03. The lowest BCUT2D eigenvalue weighted by molar-refractivity contribution is -0.152. The quantitative estimate of drug-likeness (QED) is 0.658. The Morgan fingerprint density at radius 1 is 1.14 bits per heavy atom. The van der Waals surface area contributed by atoms with Crippen LogP contribution in [0.25, 0.3) is 0 Å². The minimum atomic E-state index is -4.34. The van der Waals surface area contributed by atoms with Crippen molar-refractivity contribution in [3.63, 3.8) is 0 Å². The van der Waals surface area contributed by atoms with Crippen molar-refractivity contribution >= 4 is 22.8 Å². The first-order chi connectivity index (χ1) is 13.8. The van der Waals surface area contributed by atoms with Gasteiger partial charge in [0.2, 0.25) is 5.91 Å². The second-order valence-electron chi connectivity index (χ2n) is 9.31. The van der Waals surface area contributed by atoms with E-state index in [2.05, 4.69) is 4.99 Å². The fourth-order valence-corrected chi connectivity index (χ4v) is 7.37. The second-order valence-corrected chi connectivity index (χ2v) is 10.2. The van der Waals surface area contributed by atoms with E-state index in [-0.39, 0.29) is 11.3 Å². The van der Waals surface area contributed by atoms with E-state index in [1.165, 1.54) is 43.2 Å². The predicted octanol–water partition coefficient (Wildman–Crippen LogP) is 5.35. The minimum Gasteiger partial charge on any atom is -0.289 e. The van der Waals surface area contributed by atoms with E-state index in [1.807, 2.05) is 4.90 Å². The van der Waals surface area contributed by atoms with E-state index >= 15 is 0 Å². The average molecular weight is 423 g/mol. The van der Waals surface area contributed by atoms with Crippen LogP contribution in [-0.2, 0) is 16.7 Å². The molecule has 1 aromatic rings. The molecule has 0 atom stereocenters. The standard InChI is InChI=1S/C22H25F3N2OS/c23-22(24,25)18-3-1-2-14(9-18)13-29-20-26-4-5-27(20)19(28)21-10-15-6-16(11-21)8-17(7-15)12-21/h1-3,9,15-17H,4-8,10-13H2. The summed E-state index contributed by atoms with van der Waals surface area (Å²) in [4.78, 5) is 19.9. The normalized spacial score (nSPS) is 33.3. The van der Waals surface area contributed by atoms with Gasteiger partial charge in [0.1, 0.15) is 0 Å². The van der Waals surface area contributed by atoms with Crippen molar-refractivity contribution < 1.29 is 18.0 Å². The van der Waals surface area contributed by atoms with Gasteiger partial charge in [0, 0.05) is 12.3 Å². The molecule has 0 N–H and O–H groups in total. The minimum absolute atomic E-state index is 0.212.